The van der Waals surface area contributed by atoms with Crippen molar-refractivity contribution in [1.82, 2.24) is 0 Å². The van der Waals surface area contributed by atoms with E-state index in [9.17, 15) is 9.59 Å². The summed E-state index contributed by atoms with van der Waals surface area (Å²) in [5, 5.41) is 0. The molecule has 1 rings (SSSR count). The van der Waals surface area contributed by atoms with Gasteiger partial charge in [-0.3, -0.25) is 4.79 Å². The van der Waals surface area contributed by atoms with Gasteiger partial charge in [0.1, 0.15) is 0 Å². The van der Waals surface area contributed by atoms with E-state index in [0.29, 0.717) is 0 Å². The third kappa shape index (κ3) is 3.85. The topological polar surface area (TPSA) is 43.4 Å². The summed E-state index contributed by atoms with van der Waals surface area (Å²) in [6.45, 7) is 5.41. The quantitative estimate of drug-likeness (QED) is 0.576. The molecule has 0 atom stereocenters. The second-order valence-electron chi connectivity index (χ2n) is 4.04. The van der Waals surface area contributed by atoms with Crippen LogP contribution < -0.4 is 0 Å². The number of ether oxygens (including phenoxy) is 1. The van der Waals surface area contributed by atoms with E-state index in [-0.39, 0.29) is 12.5 Å². The predicted octanol–water partition coefficient (Wildman–Crippen LogP) is 2.06. The Hall–Kier alpha value is -1.64. The molecule has 0 amide bonds. The van der Waals surface area contributed by atoms with E-state index < -0.39 is 11.8 Å². The Labute approximate surface area is 95.4 Å². The normalized spacial score (nSPS) is 10.2. The number of ketones is 1. The van der Waals surface area contributed by atoms with Crippen LogP contribution in [0.15, 0.2) is 24.3 Å². The van der Waals surface area contributed by atoms with Crippen LogP contribution in [0, 0.1) is 6.92 Å². The molecule has 0 saturated heterocycles. The number of carbonyl (C=O) groups excluding carboxylic acids is 2. The summed E-state index contributed by atoms with van der Waals surface area (Å²) in [6, 6.07) is 7.51. The van der Waals surface area contributed by atoms with Crippen LogP contribution in [0.5, 0.6) is 0 Å². The number of hydrogen-bond donors (Lipinski definition) is 0. The second kappa shape index (κ2) is 5.45. The minimum absolute atomic E-state index is 0.103. The molecule has 0 bridgehead atoms. The molecule has 1 aromatic carbocycles. The molecule has 0 aliphatic carbocycles. The maximum Gasteiger partial charge on any atom is 0.375 e. The lowest BCUT2D eigenvalue weighted by atomic mass is 10.1. The van der Waals surface area contributed by atoms with Crippen LogP contribution >= 0.6 is 0 Å². The largest absolute Gasteiger partial charge is 0.457 e. The van der Waals surface area contributed by atoms with Gasteiger partial charge >= 0.3 is 5.97 Å². The summed E-state index contributed by atoms with van der Waals surface area (Å²) in [6.07, 6.45) is -0.152. The van der Waals surface area contributed by atoms with E-state index in [1.54, 1.807) is 13.8 Å². The molecule has 0 radical (unpaired) electrons. The summed E-state index contributed by atoms with van der Waals surface area (Å²) in [5.41, 5.74) is 1.96. The summed E-state index contributed by atoms with van der Waals surface area (Å²) in [4.78, 5) is 22.7. The van der Waals surface area contributed by atoms with Gasteiger partial charge < -0.3 is 4.74 Å². The minimum atomic E-state index is -0.754. The van der Waals surface area contributed by atoms with Crippen LogP contribution in [0.1, 0.15) is 25.0 Å². The molecular formula is C13H16O3. The Kier molecular flexibility index (Phi) is 4.23. The van der Waals surface area contributed by atoms with Crippen molar-refractivity contribution in [3.63, 3.8) is 0 Å². The van der Waals surface area contributed by atoms with Gasteiger partial charge in [0.2, 0.25) is 5.78 Å². The Bertz CT molecular complexity index is 377. The lowest BCUT2D eigenvalue weighted by molar-refractivity contribution is -0.156. The van der Waals surface area contributed by atoms with Gasteiger partial charge in [-0.05, 0) is 26.3 Å². The van der Waals surface area contributed by atoms with Gasteiger partial charge in [0.15, 0.2) is 0 Å². The monoisotopic (exact) mass is 220 g/mol. The second-order valence-corrected chi connectivity index (χ2v) is 4.04. The third-order valence-corrected chi connectivity index (χ3v) is 2.06. The predicted molar refractivity (Wildman–Crippen MR) is 61.1 cm³/mol. The van der Waals surface area contributed by atoms with Crippen molar-refractivity contribution < 1.29 is 14.3 Å². The number of rotatable bonds is 4. The highest BCUT2D eigenvalue weighted by Gasteiger charge is 2.16. The molecule has 0 N–H and O–H groups in total. The van der Waals surface area contributed by atoms with E-state index >= 15 is 0 Å². The summed E-state index contributed by atoms with van der Waals surface area (Å²) >= 11 is 0. The van der Waals surface area contributed by atoms with Crippen molar-refractivity contribution in [3.8, 4) is 0 Å². The highest BCUT2D eigenvalue weighted by molar-refractivity contribution is 6.34. The average Bonchev–Trinajstić information content (AvgIpc) is 2.20. The minimum Gasteiger partial charge on any atom is -0.457 e. The van der Waals surface area contributed by atoms with Gasteiger partial charge in [-0.15, -0.1) is 0 Å². The summed E-state index contributed by atoms with van der Waals surface area (Å²) in [7, 11) is 0. The van der Waals surface area contributed by atoms with Crippen molar-refractivity contribution >= 4 is 11.8 Å². The molecule has 0 aliphatic rings. The molecule has 0 unspecified atom stereocenters. The van der Waals surface area contributed by atoms with Crippen molar-refractivity contribution in [1.29, 1.82) is 0 Å². The molecule has 0 heterocycles. The van der Waals surface area contributed by atoms with E-state index in [0.717, 1.165) is 11.1 Å². The number of Topliss-reactive ketones (excluding diaryl/α,β-unsaturated/α-hetero) is 1. The van der Waals surface area contributed by atoms with Gasteiger partial charge in [-0.1, -0.05) is 29.8 Å². The van der Waals surface area contributed by atoms with Crippen LogP contribution in [-0.2, 0) is 20.7 Å². The summed E-state index contributed by atoms with van der Waals surface area (Å²) < 4.78 is 4.82. The van der Waals surface area contributed by atoms with Crippen LogP contribution in [0.2, 0.25) is 0 Å². The maximum atomic E-state index is 11.5. The van der Waals surface area contributed by atoms with E-state index in [2.05, 4.69) is 0 Å². The Balaban J connectivity index is 2.57. The number of aryl methyl sites for hydroxylation is 1. The first-order valence-electron chi connectivity index (χ1n) is 5.28. The van der Waals surface area contributed by atoms with Crippen molar-refractivity contribution in [2.45, 2.75) is 33.3 Å². The maximum absolute atomic E-state index is 11.5. The first kappa shape index (κ1) is 12.4. The SMILES string of the molecule is Cc1ccc(CC(=O)C(=O)OC(C)C)cc1. The molecule has 86 valence electrons. The Morgan fingerprint density at radius 3 is 2.25 bits per heavy atom. The lowest BCUT2D eigenvalue weighted by Gasteiger charge is -2.06. The van der Waals surface area contributed by atoms with Gasteiger partial charge in [0.05, 0.1) is 6.10 Å². The molecule has 0 aromatic heterocycles. The summed E-state index contributed by atoms with van der Waals surface area (Å²) in [5.74, 6) is -1.26. The zero-order chi connectivity index (χ0) is 12.1. The molecule has 16 heavy (non-hydrogen) atoms. The Morgan fingerprint density at radius 1 is 1.19 bits per heavy atom. The Morgan fingerprint density at radius 2 is 1.75 bits per heavy atom. The number of hydrogen-bond acceptors (Lipinski definition) is 3. The third-order valence-electron chi connectivity index (χ3n) is 2.06. The van der Waals surface area contributed by atoms with E-state index in [1.807, 2.05) is 31.2 Å². The molecule has 1 aromatic rings. The smallest absolute Gasteiger partial charge is 0.375 e. The highest BCUT2D eigenvalue weighted by Crippen LogP contribution is 2.05. The van der Waals surface area contributed by atoms with Gasteiger partial charge in [-0.2, -0.15) is 0 Å². The average molecular weight is 220 g/mol. The van der Waals surface area contributed by atoms with Gasteiger partial charge in [0.25, 0.3) is 0 Å². The fourth-order valence-electron chi connectivity index (χ4n) is 1.24. The number of carbonyl (C=O) groups is 2. The van der Waals surface area contributed by atoms with E-state index in [1.165, 1.54) is 0 Å². The van der Waals surface area contributed by atoms with Crippen LogP contribution in [-0.4, -0.2) is 17.9 Å². The number of benzene rings is 1. The molecule has 0 saturated carbocycles. The fraction of sp³-hybridized carbons (Fsp3) is 0.385. The van der Waals surface area contributed by atoms with E-state index in [4.69, 9.17) is 4.74 Å². The molecular weight excluding hydrogens is 204 g/mol. The van der Waals surface area contributed by atoms with Crippen molar-refractivity contribution in [2.75, 3.05) is 0 Å². The van der Waals surface area contributed by atoms with Gasteiger partial charge in [-0.25, -0.2) is 4.79 Å². The molecule has 0 aliphatic heterocycles. The van der Waals surface area contributed by atoms with Crippen molar-refractivity contribution in [3.05, 3.63) is 35.4 Å². The van der Waals surface area contributed by atoms with Crippen molar-refractivity contribution in [2.24, 2.45) is 0 Å². The standard InChI is InChI=1S/C13H16O3/c1-9(2)16-13(15)12(14)8-11-6-4-10(3)5-7-11/h4-7,9H,8H2,1-3H3. The van der Waals surface area contributed by atoms with Crippen LogP contribution in [0.4, 0.5) is 0 Å². The molecule has 0 fully saturated rings. The lowest BCUT2D eigenvalue weighted by Crippen LogP contribution is -2.22. The zero-order valence-corrected chi connectivity index (χ0v) is 9.82. The number of esters is 1. The first-order chi connectivity index (χ1) is 7.49. The molecule has 3 nitrogen and oxygen atoms in total. The van der Waals surface area contributed by atoms with Crippen LogP contribution in [0.3, 0.4) is 0 Å². The molecule has 0 spiro atoms. The fourth-order valence-corrected chi connectivity index (χ4v) is 1.24. The van der Waals surface area contributed by atoms with Crippen LogP contribution in [0.25, 0.3) is 0 Å². The first-order valence-corrected chi connectivity index (χ1v) is 5.28. The molecule has 3 heteroatoms. The van der Waals surface area contributed by atoms with Gasteiger partial charge in [0, 0.05) is 6.42 Å². The zero-order valence-electron chi connectivity index (χ0n) is 9.82. The highest BCUT2D eigenvalue weighted by atomic mass is 16.5.